The fourth-order valence-corrected chi connectivity index (χ4v) is 4.45. The molecule has 202 valence electrons. The number of hydrogen-bond donors (Lipinski definition) is 0. The summed E-state index contributed by atoms with van der Waals surface area (Å²) in [5.41, 5.74) is 3.91. The van der Waals surface area contributed by atoms with Crippen LogP contribution in [0.2, 0.25) is 0 Å². The number of rotatable bonds is 11. The zero-order valence-electron chi connectivity index (χ0n) is 23.0. The first-order valence-electron chi connectivity index (χ1n) is 12.3. The van der Waals surface area contributed by atoms with Crippen LogP contribution < -0.4 is 23.7 Å². The molecule has 0 unspecified atom stereocenters. The highest BCUT2D eigenvalue weighted by Gasteiger charge is 2.15. The van der Waals surface area contributed by atoms with Crippen LogP contribution in [0.3, 0.4) is 0 Å². The summed E-state index contributed by atoms with van der Waals surface area (Å²) >= 11 is 0. The van der Waals surface area contributed by atoms with Gasteiger partial charge in [0.05, 0.1) is 35.5 Å². The Balaban J connectivity index is 1.62. The number of benzene rings is 3. The number of ketones is 1. The molecular weight excluding hydrogens is 496 g/mol. The van der Waals surface area contributed by atoms with E-state index >= 15 is 0 Å². The van der Waals surface area contributed by atoms with Crippen molar-refractivity contribution in [1.82, 2.24) is 4.57 Å². The number of aromatic nitrogens is 1. The molecule has 0 aliphatic rings. The molecule has 0 amide bonds. The van der Waals surface area contributed by atoms with Crippen molar-refractivity contribution in [3.63, 3.8) is 0 Å². The van der Waals surface area contributed by atoms with Gasteiger partial charge in [-0.25, -0.2) is 0 Å². The van der Waals surface area contributed by atoms with Crippen molar-refractivity contribution in [2.24, 2.45) is 12.0 Å². The summed E-state index contributed by atoms with van der Waals surface area (Å²) in [5, 5.41) is 0.927. The number of fused-ring (bicyclic) bond motifs is 1. The highest BCUT2D eigenvalue weighted by atomic mass is 16.5. The van der Waals surface area contributed by atoms with Gasteiger partial charge in [-0.3, -0.25) is 9.79 Å². The van der Waals surface area contributed by atoms with E-state index in [0.29, 0.717) is 40.0 Å². The van der Waals surface area contributed by atoms with Crippen LogP contribution in [0.5, 0.6) is 28.7 Å². The van der Waals surface area contributed by atoms with E-state index in [9.17, 15) is 4.79 Å². The van der Waals surface area contributed by atoms with Gasteiger partial charge in [-0.05, 0) is 41.5 Å². The Morgan fingerprint density at radius 1 is 0.795 bits per heavy atom. The first-order chi connectivity index (χ1) is 18.9. The number of Topliss-reactive ketones (excluding diaryl/α,β-unsaturated/α-hetero) is 1. The van der Waals surface area contributed by atoms with Gasteiger partial charge in [0.15, 0.2) is 28.8 Å². The minimum Gasteiger partial charge on any atom is -0.493 e. The molecule has 1 aromatic heterocycles. The van der Waals surface area contributed by atoms with Gasteiger partial charge in [-0.15, -0.1) is 0 Å². The first-order valence-corrected chi connectivity index (χ1v) is 12.3. The second-order valence-electron chi connectivity index (χ2n) is 8.68. The lowest BCUT2D eigenvalue weighted by atomic mass is 10.1. The van der Waals surface area contributed by atoms with Crippen LogP contribution in [0.4, 0.5) is 5.69 Å². The smallest absolute Gasteiger partial charge is 0.203 e. The Hall–Kier alpha value is -4.72. The van der Waals surface area contributed by atoms with Crippen molar-refractivity contribution in [2.45, 2.75) is 6.42 Å². The summed E-state index contributed by atoms with van der Waals surface area (Å²) in [6.07, 6.45) is 7.45. The zero-order chi connectivity index (χ0) is 27.9. The van der Waals surface area contributed by atoms with E-state index in [1.807, 2.05) is 78.5 Å². The van der Waals surface area contributed by atoms with Crippen LogP contribution in [-0.2, 0) is 7.05 Å². The van der Waals surface area contributed by atoms with Crippen molar-refractivity contribution >= 4 is 40.7 Å². The van der Waals surface area contributed by atoms with Crippen LogP contribution in [0, 0.1) is 0 Å². The van der Waals surface area contributed by atoms with Crippen LogP contribution in [0.15, 0.2) is 59.7 Å². The second-order valence-corrected chi connectivity index (χ2v) is 8.68. The fourth-order valence-electron chi connectivity index (χ4n) is 4.45. The summed E-state index contributed by atoms with van der Waals surface area (Å²) < 4.78 is 29.4. The summed E-state index contributed by atoms with van der Waals surface area (Å²) in [6, 6.07) is 15.3. The third kappa shape index (κ3) is 5.75. The second kappa shape index (κ2) is 12.2. The lowest BCUT2D eigenvalue weighted by molar-refractivity contribution is 0.100. The lowest BCUT2D eigenvalue weighted by Crippen LogP contribution is -1.99. The SMILES string of the molecule is COc1cc(/C=C\c2cc(OC)c(OC)c(OC)c2)cc(N=CCC(=O)c2cn(C)c3ccccc23)c1OC. The number of aliphatic imine (C=N–C) groups is 1. The molecule has 0 atom stereocenters. The molecule has 8 nitrogen and oxygen atoms in total. The van der Waals surface area contributed by atoms with E-state index in [-0.39, 0.29) is 12.2 Å². The number of para-hydroxylation sites is 1. The average Bonchev–Trinajstić information content (AvgIpc) is 3.31. The van der Waals surface area contributed by atoms with Gasteiger partial charge < -0.3 is 28.3 Å². The summed E-state index contributed by atoms with van der Waals surface area (Å²) in [4.78, 5) is 17.6. The quantitative estimate of drug-likeness (QED) is 0.128. The number of hydrogen-bond acceptors (Lipinski definition) is 7. The molecule has 0 aliphatic heterocycles. The highest BCUT2D eigenvalue weighted by Crippen LogP contribution is 2.40. The van der Waals surface area contributed by atoms with Crippen LogP contribution in [0.25, 0.3) is 23.1 Å². The minimum absolute atomic E-state index is 0.0140. The minimum atomic E-state index is -0.0140. The molecule has 0 bridgehead atoms. The summed E-state index contributed by atoms with van der Waals surface area (Å²) in [7, 11) is 9.78. The molecule has 0 fully saturated rings. The zero-order valence-corrected chi connectivity index (χ0v) is 23.0. The Bertz CT molecular complexity index is 1530. The van der Waals surface area contributed by atoms with Gasteiger partial charge in [0.1, 0.15) is 5.69 Å². The molecule has 3 aromatic carbocycles. The molecule has 0 saturated heterocycles. The van der Waals surface area contributed by atoms with Gasteiger partial charge in [0, 0.05) is 42.3 Å². The third-order valence-electron chi connectivity index (χ3n) is 6.34. The van der Waals surface area contributed by atoms with E-state index in [0.717, 1.165) is 22.0 Å². The van der Waals surface area contributed by atoms with Crippen molar-refractivity contribution in [3.8, 4) is 28.7 Å². The molecule has 8 heteroatoms. The first kappa shape index (κ1) is 27.3. The topological polar surface area (TPSA) is 80.5 Å². The number of carbonyl (C=O) groups excluding carboxylic acids is 1. The monoisotopic (exact) mass is 528 g/mol. The van der Waals surface area contributed by atoms with Crippen molar-refractivity contribution in [3.05, 3.63) is 71.4 Å². The van der Waals surface area contributed by atoms with E-state index < -0.39 is 0 Å². The molecule has 0 aliphatic carbocycles. The predicted molar refractivity (Wildman–Crippen MR) is 155 cm³/mol. The number of carbonyl (C=O) groups is 1. The highest BCUT2D eigenvalue weighted by molar-refractivity contribution is 6.12. The Morgan fingerprint density at radius 2 is 1.36 bits per heavy atom. The third-order valence-corrected chi connectivity index (χ3v) is 6.34. The maximum absolute atomic E-state index is 13.0. The average molecular weight is 529 g/mol. The van der Waals surface area contributed by atoms with Crippen LogP contribution in [0.1, 0.15) is 27.9 Å². The number of nitrogens with zero attached hydrogens (tertiary/aromatic N) is 2. The van der Waals surface area contributed by atoms with Crippen molar-refractivity contribution < 1.29 is 28.5 Å². The van der Waals surface area contributed by atoms with E-state index in [1.165, 1.54) is 0 Å². The lowest BCUT2D eigenvalue weighted by Gasteiger charge is -2.13. The van der Waals surface area contributed by atoms with Gasteiger partial charge in [0.2, 0.25) is 5.75 Å². The normalized spacial score (nSPS) is 11.3. The molecule has 4 rings (SSSR count). The fraction of sp³-hybridized carbons (Fsp3) is 0.226. The molecule has 4 aromatic rings. The maximum atomic E-state index is 13.0. The van der Waals surface area contributed by atoms with Gasteiger partial charge in [-0.1, -0.05) is 30.4 Å². The van der Waals surface area contributed by atoms with E-state index in [1.54, 1.807) is 41.8 Å². The van der Waals surface area contributed by atoms with Gasteiger partial charge in [0.25, 0.3) is 0 Å². The van der Waals surface area contributed by atoms with Crippen molar-refractivity contribution in [2.75, 3.05) is 35.5 Å². The molecule has 0 N–H and O–H groups in total. The standard InChI is InChI=1S/C31H32N2O6/c1-33-19-23(22-9-7-8-10-25(22)33)26(34)13-14-32-24-15-20(16-27(35-2)30(24)38-5)11-12-21-17-28(36-3)31(39-6)29(18-21)37-4/h7-12,14-19H,13H2,1-6H3/b12-11-,32-14?. The molecule has 1 heterocycles. The molecular formula is C31H32N2O6. The van der Waals surface area contributed by atoms with Crippen molar-refractivity contribution in [1.29, 1.82) is 0 Å². The number of aryl methyl sites for hydroxylation is 1. The predicted octanol–water partition coefficient (Wildman–Crippen LogP) is 6.37. The summed E-state index contributed by atoms with van der Waals surface area (Å²) in [5.74, 6) is 2.64. The Kier molecular flexibility index (Phi) is 8.56. The Morgan fingerprint density at radius 3 is 1.95 bits per heavy atom. The van der Waals surface area contributed by atoms with Gasteiger partial charge >= 0.3 is 0 Å². The molecule has 0 saturated carbocycles. The molecule has 0 spiro atoms. The molecule has 39 heavy (non-hydrogen) atoms. The molecule has 0 radical (unpaired) electrons. The largest absolute Gasteiger partial charge is 0.493 e. The number of ether oxygens (including phenoxy) is 5. The van der Waals surface area contributed by atoms with E-state index in [4.69, 9.17) is 23.7 Å². The maximum Gasteiger partial charge on any atom is 0.203 e. The van der Waals surface area contributed by atoms with Crippen LogP contribution in [-0.4, -0.2) is 52.1 Å². The van der Waals surface area contributed by atoms with E-state index in [2.05, 4.69) is 4.99 Å². The van der Waals surface area contributed by atoms with Gasteiger partial charge in [-0.2, -0.15) is 0 Å². The Labute approximate surface area is 228 Å². The summed E-state index contributed by atoms with van der Waals surface area (Å²) in [6.45, 7) is 0. The number of methoxy groups -OCH3 is 5. The van der Waals surface area contributed by atoms with Crippen LogP contribution >= 0.6 is 0 Å².